The third-order valence-electron chi connectivity index (χ3n) is 5.28. The summed E-state index contributed by atoms with van der Waals surface area (Å²) in [5, 5.41) is 3.82. The maximum absolute atomic E-state index is 5.88. The molecule has 1 aromatic carbocycles. The number of nitrogens with zero attached hydrogens (tertiary/aromatic N) is 1. The minimum absolute atomic E-state index is 0.220. The fourth-order valence-electron chi connectivity index (χ4n) is 3.68. The van der Waals surface area contributed by atoms with Crippen LogP contribution in [-0.4, -0.2) is 31.3 Å². The first-order chi connectivity index (χ1) is 10.3. The highest BCUT2D eigenvalue weighted by Gasteiger charge is 2.33. The van der Waals surface area contributed by atoms with Crippen LogP contribution in [0.1, 0.15) is 45.1 Å². The summed E-state index contributed by atoms with van der Waals surface area (Å²) in [4.78, 5) is 2.57. The molecule has 0 aromatic heterocycles. The van der Waals surface area contributed by atoms with Crippen molar-refractivity contribution in [3.63, 3.8) is 0 Å². The van der Waals surface area contributed by atoms with E-state index in [2.05, 4.69) is 48.3 Å². The highest BCUT2D eigenvalue weighted by Crippen LogP contribution is 2.30. The molecule has 2 heterocycles. The fraction of sp³-hybridized carbons (Fsp3) is 0.667. The monoisotopic (exact) mass is 288 g/mol. The Balaban J connectivity index is 1.87. The van der Waals surface area contributed by atoms with Crippen molar-refractivity contribution in [1.82, 2.24) is 5.32 Å². The van der Waals surface area contributed by atoms with Crippen molar-refractivity contribution in [3.05, 3.63) is 29.8 Å². The van der Waals surface area contributed by atoms with Crippen molar-refractivity contribution >= 4 is 5.69 Å². The Morgan fingerprint density at radius 3 is 2.81 bits per heavy atom. The quantitative estimate of drug-likeness (QED) is 0.919. The molecule has 2 aliphatic heterocycles. The third-order valence-corrected chi connectivity index (χ3v) is 5.28. The third kappa shape index (κ3) is 3.09. The molecule has 0 spiro atoms. The van der Waals surface area contributed by atoms with Crippen molar-refractivity contribution in [2.45, 2.75) is 57.7 Å². The second kappa shape index (κ2) is 6.37. The molecule has 0 radical (unpaired) electrons. The minimum Gasteiger partial charge on any atom is -0.376 e. The van der Waals surface area contributed by atoms with Crippen molar-refractivity contribution in [3.8, 4) is 0 Å². The van der Waals surface area contributed by atoms with E-state index in [1.807, 2.05) is 0 Å². The largest absolute Gasteiger partial charge is 0.376 e. The zero-order chi connectivity index (χ0) is 14.7. The SMILES string of the molecule is CCC1(CC)CN(CC2CCCO2)c2ccccc2CN1. The number of para-hydroxylation sites is 1. The van der Waals surface area contributed by atoms with Gasteiger partial charge in [0.25, 0.3) is 0 Å². The van der Waals surface area contributed by atoms with Gasteiger partial charge < -0.3 is 15.0 Å². The lowest BCUT2D eigenvalue weighted by molar-refractivity contribution is 0.114. The van der Waals surface area contributed by atoms with Crippen LogP contribution >= 0.6 is 0 Å². The van der Waals surface area contributed by atoms with Gasteiger partial charge in [-0.25, -0.2) is 0 Å². The van der Waals surface area contributed by atoms with Crippen molar-refractivity contribution in [2.24, 2.45) is 0 Å². The molecule has 3 nitrogen and oxygen atoms in total. The molecule has 3 heteroatoms. The van der Waals surface area contributed by atoms with E-state index in [1.54, 1.807) is 0 Å². The van der Waals surface area contributed by atoms with Crippen LogP contribution in [-0.2, 0) is 11.3 Å². The Morgan fingerprint density at radius 1 is 1.29 bits per heavy atom. The summed E-state index contributed by atoms with van der Waals surface area (Å²) in [5.74, 6) is 0. The number of hydrogen-bond donors (Lipinski definition) is 1. The van der Waals surface area contributed by atoms with E-state index in [0.29, 0.717) is 6.10 Å². The highest BCUT2D eigenvalue weighted by atomic mass is 16.5. The van der Waals surface area contributed by atoms with E-state index in [1.165, 1.54) is 36.9 Å². The number of ether oxygens (including phenoxy) is 1. The molecule has 3 rings (SSSR count). The van der Waals surface area contributed by atoms with Crippen molar-refractivity contribution < 1.29 is 4.74 Å². The van der Waals surface area contributed by atoms with Crippen LogP contribution in [0.2, 0.25) is 0 Å². The molecule has 0 saturated carbocycles. The summed E-state index contributed by atoms with van der Waals surface area (Å²) in [7, 11) is 0. The molecule has 1 unspecified atom stereocenters. The summed E-state index contributed by atoms with van der Waals surface area (Å²) in [6.07, 6.45) is 5.16. The van der Waals surface area contributed by atoms with E-state index < -0.39 is 0 Å². The Labute approximate surface area is 128 Å². The second-order valence-corrected chi connectivity index (χ2v) is 6.49. The second-order valence-electron chi connectivity index (χ2n) is 6.49. The van der Waals surface area contributed by atoms with E-state index >= 15 is 0 Å². The van der Waals surface area contributed by atoms with Crippen molar-refractivity contribution in [1.29, 1.82) is 0 Å². The van der Waals surface area contributed by atoms with Crippen LogP contribution in [0.4, 0.5) is 5.69 Å². The van der Waals surface area contributed by atoms with Gasteiger partial charge in [0.15, 0.2) is 0 Å². The number of rotatable bonds is 4. The lowest BCUT2D eigenvalue weighted by atomic mass is 9.92. The molecule has 1 saturated heterocycles. The average Bonchev–Trinajstić information content (AvgIpc) is 2.98. The number of nitrogens with one attached hydrogen (secondary N) is 1. The maximum Gasteiger partial charge on any atom is 0.0750 e. The van der Waals surface area contributed by atoms with Gasteiger partial charge in [-0.1, -0.05) is 32.0 Å². The predicted octanol–water partition coefficient (Wildman–Crippen LogP) is 3.33. The number of anilines is 1. The molecule has 1 aromatic rings. The number of fused-ring (bicyclic) bond motifs is 1. The topological polar surface area (TPSA) is 24.5 Å². The van der Waals surface area contributed by atoms with Gasteiger partial charge in [-0.3, -0.25) is 0 Å². The Morgan fingerprint density at radius 2 is 2.10 bits per heavy atom. The van der Waals surface area contributed by atoms with Crippen molar-refractivity contribution in [2.75, 3.05) is 24.6 Å². The summed E-state index contributed by atoms with van der Waals surface area (Å²) >= 11 is 0. The van der Waals surface area contributed by atoms with E-state index in [-0.39, 0.29) is 5.54 Å². The lowest BCUT2D eigenvalue weighted by Gasteiger charge is -2.37. The Bertz CT molecular complexity index is 464. The van der Waals surface area contributed by atoms with Crippen LogP contribution in [0.3, 0.4) is 0 Å². The molecule has 0 aliphatic carbocycles. The smallest absolute Gasteiger partial charge is 0.0750 e. The molecule has 21 heavy (non-hydrogen) atoms. The first kappa shape index (κ1) is 14.9. The van der Waals surface area contributed by atoms with Gasteiger partial charge >= 0.3 is 0 Å². The van der Waals surface area contributed by atoms with Gasteiger partial charge in [-0.2, -0.15) is 0 Å². The van der Waals surface area contributed by atoms with Crippen LogP contribution in [0.15, 0.2) is 24.3 Å². The van der Waals surface area contributed by atoms with Gasteiger partial charge in [-0.05, 0) is 37.3 Å². The van der Waals surface area contributed by atoms with E-state index in [0.717, 1.165) is 26.2 Å². The van der Waals surface area contributed by atoms with E-state index in [9.17, 15) is 0 Å². The molecular formula is C18H28N2O. The zero-order valence-electron chi connectivity index (χ0n) is 13.4. The molecule has 1 atom stereocenters. The highest BCUT2D eigenvalue weighted by molar-refractivity contribution is 5.55. The average molecular weight is 288 g/mol. The van der Waals surface area contributed by atoms with Gasteiger partial charge in [0.1, 0.15) is 0 Å². The first-order valence-electron chi connectivity index (χ1n) is 8.46. The maximum atomic E-state index is 5.88. The fourth-order valence-corrected chi connectivity index (χ4v) is 3.68. The summed E-state index contributed by atoms with van der Waals surface area (Å²) in [6, 6.07) is 8.83. The Hall–Kier alpha value is -1.06. The predicted molar refractivity (Wildman–Crippen MR) is 87.8 cm³/mol. The van der Waals surface area contributed by atoms with Crippen LogP contribution in [0.25, 0.3) is 0 Å². The first-order valence-corrected chi connectivity index (χ1v) is 8.46. The molecular weight excluding hydrogens is 260 g/mol. The zero-order valence-corrected chi connectivity index (χ0v) is 13.4. The normalized spacial score (nSPS) is 24.7. The molecule has 1 N–H and O–H groups in total. The molecule has 2 aliphatic rings. The van der Waals surface area contributed by atoms with Gasteiger partial charge in [0.2, 0.25) is 0 Å². The molecule has 0 amide bonds. The summed E-state index contributed by atoms with van der Waals surface area (Å²) in [6.45, 7) is 8.62. The molecule has 0 bridgehead atoms. The lowest BCUT2D eigenvalue weighted by Crippen LogP contribution is -2.52. The Kier molecular flexibility index (Phi) is 4.51. The van der Waals surface area contributed by atoms with Crippen LogP contribution in [0, 0.1) is 0 Å². The minimum atomic E-state index is 0.220. The van der Waals surface area contributed by atoms with Gasteiger partial charge in [0, 0.05) is 37.5 Å². The molecule has 116 valence electrons. The van der Waals surface area contributed by atoms with Crippen LogP contribution < -0.4 is 10.2 Å². The van der Waals surface area contributed by atoms with Crippen LogP contribution in [0.5, 0.6) is 0 Å². The van der Waals surface area contributed by atoms with E-state index in [4.69, 9.17) is 4.74 Å². The number of benzene rings is 1. The summed E-state index contributed by atoms with van der Waals surface area (Å²) in [5.41, 5.74) is 3.03. The standard InChI is InChI=1S/C18H28N2O/c1-3-18(4-2)14-20(13-16-9-7-11-21-16)17-10-6-5-8-15(17)12-19-18/h5-6,8,10,16,19H,3-4,7,9,11-14H2,1-2H3. The van der Waals surface area contributed by atoms with Gasteiger partial charge in [0.05, 0.1) is 6.10 Å². The number of hydrogen-bond acceptors (Lipinski definition) is 3. The van der Waals surface area contributed by atoms with Gasteiger partial charge in [-0.15, -0.1) is 0 Å². The molecule has 1 fully saturated rings. The summed E-state index contributed by atoms with van der Waals surface area (Å²) < 4.78 is 5.88.